The summed E-state index contributed by atoms with van der Waals surface area (Å²) in [6.07, 6.45) is 0.801. The third kappa shape index (κ3) is 7.42. The fourth-order valence-electron chi connectivity index (χ4n) is 5.24. The number of rotatable bonds is 10. The highest BCUT2D eigenvalue weighted by Crippen LogP contribution is 2.37. The van der Waals surface area contributed by atoms with Crippen molar-refractivity contribution in [2.45, 2.75) is 49.6 Å². The van der Waals surface area contributed by atoms with Crippen molar-refractivity contribution in [1.29, 1.82) is 15.8 Å². The molecule has 1 unspecified atom stereocenters. The molecule has 0 heterocycles. The van der Waals surface area contributed by atoms with E-state index in [4.69, 9.17) is 0 Å². The lowest BCUT2D eigenvalue weighted by atomic mass is 9.79. The van der Waals surface area contributed by atoms with Crippen LogP contribution in [0.2, 0.25) is 0 Å². The second-order valence-corrected chi connectivity index (χ2v) is 11.8. The van der Waals surface area contributed by atoms with Crippen LogP contribution in [0, 0.1) is 39.4 Å². The first-order valence-electron chi connectivity index (χ1n) is 13.7. The van der Waals surface area contributed by atoms with E-state index in [0.717, 1.165) is 33.1 Å². The predicted octanol–water partition coefficient (Wildman–Crippen LogP) is 8.63. The third-order valence-corrected chi connectivity index (χ3v) is 8.57. The molecular weight excluding hydrogens is 615 g/mol. The Morgan fingerprint density at radius 1 is 0.732 bits per heavy atom. The van der Waals surface area contributed by atoms with Gasteiger partial charge in [0, 0.05) is 16.4 Å². The van der Waals surface area contributed by atoms with Crippen LogP contribution in [-0.2, 0) is 10.8 Å². The van der Waals surface area contributed by atoms with Crippen LogP contribution in [0.3, 0.4) is 0 Å². The van der Waals surface area contributed by atoms with Crippen LogP contribution < -0.4 is 5.32 Å². The standard InChI is InChI=1S/C36H33IN4/c1-25(34(32-8-4-6-29(18-32)23-39)19-26-10-12-27(21-37)13-11-26)41-35(36(2,3)24-40)33-9-5-7-31(20-33)30-16-14-28(22-38)15-17-30/h4-18,20,25,34-35,41H,19,21H2,1-3H3/t25-,34+,35?/m0/s1. The van der Waals surface area contributed by atoms with E-state index in [9.17, 15) is 15.8 Å². The van der Waals surface area contributed by atoms with Gasteiger partial charge in [0.15, 0.2) is 0 Å². The molecule has 204 valence electrons. The summed E-state index contributed by atoms with van der Waals surface area (Å²) >= 11 is 2.38. The lowest BCUT2D eigenvalue weighted by Gasteiger charge is -2.36. The summed E-state index contributed by atoms with van der Waals surface area (Å²) in [5.41, 5.74) is 7.28. The van der Waals surface area contributed by atoms with E-state index < -0.39 is 5.41 Å². The third-order valence-electron chi connectivity index (χ3n) is 7.69. The molecule has 5 heteroatoms. The fourth-order valence-corrected chi connectivity index (χ4v) is 5.75. The highest BCUT2D eigenvalue weighted by atomic mass is 127. The molecule has 0 aliphatic rings. The molecule has 4 nitrogen and oxygen atoms in total. The quantitative estimate of drug-likeness (QED) is 0.138. The lowest BCUT2D eigenvalue weighted by molar-refractivity contribution is 0.281. The maximum absolute atomic E-state index is 10.2. The number of nitrogens with zero attached hydrogens (tertiary/aromatic N) is 3. The van der Waals surface area contributed by atoms with E-state index in [-0.39, 0.29) is 18.0 Å². The molecule has 0 aliphatic heterocycles. The molecule has 0 aromatic heterocycles. The van der Waals surface area contributed by atoms with Gasteiger partial charge in [-0.25, -0.2) is 0 Å². The minimum Gasteiger partial charge on any atom is -0.305 e. The first kappa shape index (κ1) is 30.0. The Morgan fingerprint density at radius 3 is 2.00 bits per heavy atom. The summed E-state index contributed by atoms with van der Waals surface area (Å²) in [6.45, 7) is 6.12. The number of hydrogen-bond acceptors (Lipinski definition) is 4. The molecule has 0 spiro atoms. The van der Waals surface area contributed by atoms with E-state index in [0.29, 0.717) is 11.1 Å². The van der Waals surface area contributed by atoms with Gasteiger partial charge >= 0.3 is 0 Å². The molecule has 0 saturated carbocycles. The molecule has 41 heavy (non-hydrogen) atoms. The average Bonchev–Trinajstić information content (AvgIpc) is 3.02. The Labute approximate surface area is 257 Å². The number of alkyl halides is 1. The van der Waals surface area contributed by atoms with Crippen LogP contribution >= 0.6 is 22.6 Å². The zero-order valence-corrected chi connectivity index (χ0v) is 25.8. The summed E-state index contributed by atoms with van der Waals surface area (Å²) in [5, 5.41) is 32.9. The van der Waals surface area contributed by atoms with Gasteiger partial charge in [0.1, 0.15) is 0 Å². The molecule has 1 N–H and O–H groups in total. The molecule has 0 aliphatic carbocycles. The van der Waals surface area contributed by atoms with E-state index in [1.54, 1.807) is 0 Å². The molecule has 0 amide bonds. The van der Waals surface area contributed by atoms with E-state index >= 15 is 0 Å². The summed E-state index contributed by atoms with van der Waals surface area (Å²) in [6, 6.07) is 39.2. The zero-order valence-electron chi connectivity index (χ0n) is 23.6. The van der Waals surface area contributed by atoms with Gasteiger partial charge in [0.2, 0.25) is 0 Å². The maximum atomic E-state index is 10.2. The second-order valence-electron chi connectivity index (χ2n) is 11.0. The van der Waals surface area contributed by atoms with E-state index in [1.807, 2.05) is 62.4 Å². The van der Waals surface area contributed by atoms with Crippen LogP contribution in [0.25, 0.3) is 11.1 Å². The number of nitriles is 3. The van der Waals surface area contributed by atoms with Crippen molar-refractivity contribution in [1.82, 2.24) is 5.32 Å². The molecule has 4 rings (SSSR count). The lowest BCUT2D eigenvalue weighted by Crippen LogP contribution is -2.42. The van der Waals surface area contributed by atoms with Crippen molar-refractivity contribution in [3.05, 3.63) is 130 Å². The monoisotopic (exact) mass is 648 g/mol. The molecule has 0 radical (unpaired) electrons. The first-order valence-corrected chi connectivity index (χ1v) is 15.2. The highest BCUT2D eigenvalue weighted by molar-refractivity contribution is 14.1. The van der Waals surface area contributed by atoms with Crippen molar-refractivity contribution in [3.8, 4) is 29.3 Å². The Kier molecular flexibility index (Phi) is 9.95. The van der Waals surface area contributed by atoms with Gasteiger partial charge in [0.25, 0.3) is 0 Å². The average molecular weight is 649 g/mol. The minimum absolute atomic E-state index is 0.00983. The minimum atomic E-state index is -0.696. The summed E-state index contributed by atoms with van der Waals surface area (Å²) in [4.78, 5) is 0. The summed E-state index contributed by atoms with van der Waals surface area (Å²) in [7, 11) is 0. The topological polar surface area (TPSA) is 83.4 Å². The van der Waals surface area contributed by atoms with Crippen LogP contribution in [0.5, 0.6) is 0 Å². The van der Waals surface area contributed by atoms with Gasteiger partial charge in [-0.3, -0.25) is 0 Å². The molecule has 0 fully saturated rings. The fraction of sp³-hybridized carbons (Fsp3) is 0.250. The van der Waals surface area contributed by atoms with Crippen LogP contribution in [0.4, 0.5) is 0 Å². The smallest absolute Gasteiger partial charge is 0.0991 e. The predicted molar refractivity (Wildman–Crippen MR) is 173 cm³/mol. The normalized spacial score (nSPS) is 13.3. The first-order chi connectivity index (χ1) is 19.8. The molecule has 0 saturated heterocycles. The van der Waals surface area contributed by atoms with Gasteiger partial charge < -0.3 is 5.32 Å². The van der Waals surface area contributed by atoms with Crippen molar-refractivity contribution < 1.29 is 0 Å². The number of hydrogen-bond donors (Lipinski definition) is 1. The van der Waals surface area contributed by atoms with Gasteiger partial charge in [-0.05, 0) is 90.9 Å². The summed E-state index contributed by atoms with van der Waals surface area (Å²) < 4.78 is 0.968. The largest absolute Gasteiger partial charge is 0.305 e. The highest BCUT2D eigenvalue weighted by Gasteiger charge is 2.34. The van der Waals surface area contributed by atoms with Gasteiger partial charge in [-0.1, -0.05) is 89.3 Å². The SMILES string of the molecule is C[C@H](NC(c1cccc(-c2ccc(C#N)cc2)c1)C(C)(C)C#N)[C@@H](Cc1ccc(CI)cc1)c1cccc(C#N)c1. The number of benzene rings is 4. The van der Waals surface area contributed by atoms with Crippen LogP contribution in [-0.4, -0.2) is 6.04 Å². The molecular formula is C36H33IN4. The van der Waals surface area contributed by atoms with Gasteiger partial charge in [-0.2, -0.15) is 15.8 Å². The Hall–Kier alpha value is -3.96. The molecule has 4 aromatic carbocycles. The van der Waals surface area contributed by atoms with Crippen molar-refractivity contribution in [3.63, 3.8) is 0 Å². The van der Waals surface area contributed by atoms with Crippen LogP contribution in [0.15, 0.2) is 97.1 Å². The number of halogens is 1. The van der Waals surface area contributed by atoms with E-state index in [1.165, 1.54) is 11.1 Å². The summed E-state index contributed by atoms with van der Waals surface area (Å²) in [5.74, 6) is 0.0763. The van der Waals surface area contributed by atoms with Gasteiger partial charge in [0.05, 0.1) is 40.8 Å². The Bertz CT molecular complexity index is 1600. The molecule has 0 bridgehead atoms. The Balaban J connectivity index is 1.70. The zero-order chi connectivity index (χ0) is 29.4. The molecule has 4 aromatic rings. The number of nitrogens with one attached hydrogen (secondary N) is 1. The van der Waals surface area contributed by atoms with E-state index in [2.05, 4.69) is 102 Å². The molecule has 3 atom stereocenters. The second kappa shape index (κ2) is 13.6. The maximum Gasteiger partial charge on any atom is 0.0991 e. The van der Waals surface area contributed by atoms with Crippen molar-refractivity contribution in [2.75, 3.05) is 0 Å². The van der Waals surface area contributed by atoms with Crippen molar-refractivity contribution in [2.24, 2.45) is 5.41 Å². The van der Waals surface area contributed by atoms with Gasteiger partial charge in [-0.15, -0.1) is 0 Å². The Morgan fingerprint density at radius 2 is 1.37 bits per heavy atom. The van der Waals surface area contributed by atoms with Crippen LogP contribution in [0.1, 0.15) is 66.1 Å². The van der Waals surface area contributed by atoms with Crippen molar-refractivity contribution >= 4 is 22.6 Å².